The van der Waals surface area contributed by atoms with Crippen LogP contribution in [0.1, 0.15) is 20.3 Å². The van der Waals surface area contributed by atoms with Crippen LogP contribution in [0.25, 0.3) is 0 Å². The van der Waals surface area contributed by atoms with E-state index in [1.54, 1.807) is 18.2 Å². The SMILES string of the molecule is COc1ccc(OC)c(N(CCC(=O)NCC(C)C)S(C)(=O)=O)c1. The van der Waals surface area contributed by atoms with Crippen LogP contribution >= 0.6 is 0 Å². The average Bonchev–Trinajstić information content (AvgIpc) is 2.51. The highest BCUT2D eigenvalue weighted by Gasteiger charge is 2.22. The smallest absolute Gasteiger partial charge is 0.232 e. The van der Waals surface area contributed by atoms with Crippen LogP contribution in [0.5, 0.6) is 11.5 Å². The number of carbonyl (C=O) groups excluding carboxylic acids is 1. The quantitative estimate of drug-likeness (QED) is 0.725. The Morgan fingerprint density at radius 3 is 2.42 bits per heavy atom. The van der Waals surface area contributed by atoms with Gasteiger partial charge in [0.2, 0.25) is 15.9 Å². The summed E-state index contributed by atoms with van der Waals surface area (Å²) in [6.07, 6.45) is 1.15. The first-order valence-corrected chi connectivity index (χ1v) is 9.50. The van der Waals surface area contributed by atoms with Gasteiger partial charge in [-0.25, -0.2) is 8.42 Å². The van der Waals surface area contributed by atoms with Gasteiger partial charge in [0.1, 0.15) is 11.5 Å². The zero-order valence-corrected chi connectivity index (χ0v) is 15.6. The van der Waals surface area contributed by atoms with E-state index in [0.29, 0.717) is 29.6 Å². The molecule has 24 heavy (non-hydrogen) atoms. The standard InChI is InChI=1S/C16H26N2O5S/c1-12(2)11-17-16(19)8-9-18(24(5,20)21)14-10-13(22-3)6-7-15(14)23-4/h6-7,10,12H,8-9,11H2,1-5H3,(H,17,19). The largest absolute Gasteiger partial charge is 0.497 e. The van der Waals surface area contributed by atoms with Gasteiger partial charge in [-0.05, 0) is 18.1 Å². The van der Waals surface area contributed by atoms with E-state index >= 15 is 0 Å². The second-order valence-corrected chi connectivity index (χ2v) is 7.73. The van der Waals surface area contributed by atoms with Gasteiger partial charge in [0.05, 0.1) is 26.2 Å². The summed E-state index contributed by atoms with van der Waals surface area (Å²) in [6, 6.07) is 4.88. The van der Waals surface area contributed by atoms with Crippen molar-refractivity contribution >= 4 is 21.6 Å². The van der Waals surface area contributed by atoms with E-state index in [9.17, 15) is 13.2 Å². The van der Waals surface area contributed by atoms with Gasteiger partial charge in [0, 0.05) is 25.6 Å². The average molecular weight is 358 g/mol. The number of nitrogens with zero attached hydrogens (tertiary/aromatic N) is 1. The molecule has 0 heterocycles. The van der Waals surface area contributed by atoms with Crippen molar-refractivity contribution in [3.8, 4) is 11.5 Å². The molecule has 8 heteroatoms. The minimum absolute atomic E-state index is 0.0201. The van der Waals surface area contributed by atoms with Crippen LogP contribution in [0.3, 0.4) is 0 Å². The number of amides is 1. The fourth-order valence-corrected chi connectivity index (χ4v) is 2.99. The summed E-state index contributed by atoms with van der Waals surface area (Å²) in [5.74, 6) is 1.03. The summed E-state index contributed by atoms with van der Waals surface area (Å²) < 4.78 is 35.9. The second kappa shape index (κ2) is 8.77. The number of nitrogens with one attached hydrogen (secondary N) is 1. The van der Waals surface area contributed by atoms with E-state index in [4.69, 9.17) is 9.47 Å². The van der Waals surface area contributed by atoms with Crippen LogP contribution < -0.4 is 19.1 Å². The van der Waals surface area contributed by atoms with Crippen molar-refractivity contribution < 1.29 is 22.7 Å². The predicted molar refractivity (Wildman–Crippen MR) is 94.2 cm³/mol. The van der Waals surface area contributed by atoms with Crippen LogP contribution in [0, 0.1) is 5.92 Å². The monoisotopic (exact) mass is 358 g/mol. The van der Waals surface area contributed by atoms with Crippen LogP contribution in [0.4, 0.5) is 5.69 Å². The summed E-state index contributed by atoms with van der Waals surface area (Å²) in [5, 5.41) is 2.78. The van der Waals surface area contributed by atoms with E-state index in [1.807, 2.05) is 13.8 Å². The number of sulfonamides is 1. The number of anilines is 1. The highest BCUT2D eigenvalue weighted by Crippen LogP contribution is 2.33. The maximum Gasteiger partial charge on any atom is 0.232 e. The van der Waals surface area contributed by atoms with Gasteiger partial charge >= 0.3 is 0 Å². The van der Waals surface area contributed by atoms with Gasteiger partial charge in [-0.2, -0.15) is 0 Å². The van der Waals surface area contributed by atoms with E-state index in [-0.39, 0.29) is 18.9 Å². The molecule has 0 atom stereocenters. The Morgan fingerprint density at radius 2 is 1.92 bits per heavy atom. The molecular weight excluding hydrogens is 332 g/mol. The zero-order chi connectivity index (χ0) is 18.3. The van der Waals surface area contributed by atoms with E-state index in [1.165, 1.54) is 14.2 Å². The summed E-state index contributed by atoms with van der Waals surface area (Å²) in [7, 11) is -0.629. The molecule has 1 rings (SSSR count). The highest BCUT2D eigenvalue weighted by molar-refractivity contribution is 7.92. The second-order valence-electron chi connectivity index (χ2n) is 5.82. The lowest BCUT2D eigenvalue weighted by Crippen LogP contribution is -2.35. The molecule has 0 unspecified atom stereocenters. The van der Waals surface area contributed by atoms with Gasteiger partial charge in [-0.3, -0.25) is 9.10 Å². The third kappa shape index (κ3) is 5.92. The normalized spacial score (nSPS) is 11.2. The fraction of sp³-hybridized carbons (Fsp3) is 0.562. The molecule has 1 N–H and O–H groups in total. The van der Waals surface area contributed by atoms with Crippen LogP contribution in [-0.2, 0) is 14.8 Å². The molecule has 136 valence electrons. The minimum Gasteiger partial charge on any atom is -0.497 e. The lowest BCUT2D eigenvalue weighted by atomic mass is 10.2. The summed E-state index contributed by atoms with van der Waals surface area (Å²) in [4.78, 5) is 11.9. The van der Waals surface area contributed by atoms with Crippen LogP contribution in [-0.4, -0.2) is 47.9 Å². The van der Waals surface area contributed by atoms with Crippen molar-refractivity contribution in [3.63, 3.8) is 0 Å². The molecule has 0 bridgehead atoms. The van der Waals surface area contributed by atoms with Crippen molar-refractivity contribution in [1.29, 1.82) is 0 Å². The first-order valence-electron chi connectivity index (χ1n) is 7.65. The molecule has 0 saturated carbocycles. The molecule has 0 aromatic heterocycles. The van der Waals surface area contributed by atoms with Crippen LogP contribution in [0.2, 0.25) is 0 Å². The van der Waals surface area contributed by atoms with Crippen molar-refractivity contribution in [1.82, 2.24) is 5.32 Å². The van der Waals surface area contributed by atoms with Crippen molar-refractivity contribution in [3.05, 3.63) is 18.2 Å². The fourth-order valence-electron chi connectivity index (χ4n) is 2.07. The van der Waals surface area contributed by atoms with Crippen molar-refractivity contribution in [2.75, 3.05) is 37.9 Å². The van der Waals surface area contributed by atoms with Crippen LogP contribution in [0.15, 0.2) is 18.2 Å². The molecule has 7 nitrogen and oxygen atoms in total. The Labute approximate surface area is 144 Å². The van der Waals surface area contributed by atoms with Gasteiger partial charge < -0.3 is 14.8 Å². The molecule has 0 spiro atoms. The molecule has 1 amide bonds. The number of methoxy groups -OCH3 is 2. The molecule has 1 aromatic rings. The molecule has 0 aliphatic rings. The third-order valence-electron chi connectivity index (χ3n) is 3.30. The molecule has 0 aliphatic carbocycles. The number of ether oxygens (including phenoxy) is 2. The Balaban J connectivity index is 3.01. The molecule has 0 aliphatic heterocycles. The van der Waals surface area contributed by atoms with Gasteiger partial charge in [-0.15, -0.1) is 0 Å². The topological polar surface area (TPSA) is 84.9 Å². The Bertz CT molecular complexity index is 658. The third-order valence-corrected chi connectivity index (χ3v) is 4.48. The van der Waals surface area contributed by atoms with Gasteiger partial charge in [0.25, 0.3) is 0 Å². The first kappa shape index (κ1) is 20.1. The van der Waals surface area contributed by atoms with E-state index < -0.39 is 10.0 Å². The number of carbonyl (C=O) groups is 1. The van der Waals surface area contributed by atoms with Gasteiger partial charge in [0.15, 0.2) is 0 Å². The Kier molecular flexibility index (Phi) is 7.34. The number of hydrogen-bond acceptors (Lipinski definition) is 5. The first-order chi connectivity index (χ1) is 11.2. The Morgan fingerprint density at radius 1 is 1.25 bits per heavy atom. The Hall–Kier alpha value is -1.96. The minimum atomic E-state index is -3.58. The maximum atomic E-state index is 12.2. The molecule has 0 saturated heterocycles. The van der Waals surface area contributed by atoms with Crippen molar-refractivity contribution in [2.45, 2.75) is 20.3 Å². The zero-order valence-electron chi connectivity index (χ0n) is 14.8. The molecule has 0 fully saturated rings. The van der Waals surface area contributed by atoms with Crippen molar-refractivity contribution in [2.24, 2.45) is 5.92 Å². The molecular formula is C16H26N2O5S. The molecule has 0 radical (unpaired) electrons. The summed E-state index contributed by atoms with van der Waals surface area (Å²) in [6.45, 7) is 4.56. The summed E-state index contributed by atoms with van der Waals surface area (Å²) >= 11 is 0. The van der Waals surface area contributed by atoms with Gasteiger partial charge in [-0.1, -0.05) is 13.8 Å². The number of benzene rings is 1. The van der Waals surface area contributed by atoms with E-state index in [2.05, 4.69) is 5.32 Å². The number of rotatable bonds is 9. The predicted octanol–water partition coefficient (Wildman–Crippen LogP) is 1.63. The van der Waals surface area contributed by atoms with E-state index in [0.717, 1.165) is 10.6 Å². The lowest BCUT2D eigenvalue weighted by Gasteiger charge is -2.24. The molecule has 1 aromatic carbocycles. The maximum absolute atomic E-state index is 12.2. The summed E-state index contributed by atoms with van der Waals surface area (Å²) in [5.41, 5.74) is 0.344. The lowest BCUT2D eigenvalue weighted by molar-refractivity contribution is -0.121. The highest BCUT2D eigenvalue weighted by atomic mass is 32.2. The number of hydrogen-bond donors (Lipinski definition) is 1.